The van der Waals surface area contributed by atoms with E-state index in [1.807, 2.05) is 38.1 Å². The van der Waals surface area contributed by atoms with Crippen molar-refractivity contribution in [3.8, 4) is 5.75 Å². The lowest BCUT2D eigenvalue weighted by molar-refractivity contribution is -0.384. The lowest BCUT2D eigenvalue weighted by Crippen LogP contribution is -2.43. The van der Waals surface area contributed by atoms with Crippen LogP contribution in [0.25, 0.3) is 0 Å². The van der Waals surface area contributed by atoms with E-state index in [4.69, 9.17) is 15.6 Å². The number of non-ortho nitro benzene ring substituents is 1. The number of anilines is 1. The zero-order valence-corrected chi connectivity index (χ0v) is 20.2. The van der Waals surface area contributed by atoms with E-state index in [1.54, 1.807) is 0 Å². The first-order chi connectivity index (χ1) is 16.2. The molecule has 0 saturated heterocycles. The second-order valence-electron chi connectivity index (χ2n) is 8.82. The lowest BCUT2D eigenvalue weighted by atomic mass is 9.68. The van der Waals surface area contributed by atoms with Gasteiger partial charge in [-0.25, -0.2) is 9.80 Å². The number of nitro groups is 1. The van der Waals surface area contributed by atoms with Gasteiger partial charge in [-0.3, -0.25) is 10.1 Å². The predicted octanol–water partition coefficient (Wildman–Crippen LogP) is 5.02. The highest BCUT2D eigenvalue weighted by Crippen LogP contribution is 2.40. The zero-order chi connectivity index (χ0) is 24.9. The van der Waals surface area contributed by atoms with Crippen LogP contribution in [0.1, 0.15) is 46.1 Å². The van der Waals surface area contributed by atoms with Crippen molar-refractivity contribution in [1.82, 2.24) is 5.01 Å². The minimum absolute atomic E-state index is 0.0352. The standard InChI is InChI=1S/C25H33N5O4/c1-5-25(6-2,16-26)22-15-29(24(31)27-19-9-11-20(12-10-19)30(32)33)28-23(22)18-7-13-21(14-8-18)34-17(3)4/h7-14,17,22H,5-6,15-16,26H2,1-4H3,(H,27,31)/t22-/m1/s1. The zero-order valence-electron chi connectivity index (χ0n) is 20.2. The number of carbonyl (C=O) groups is 1. The number of hydrogen-bond donors (Lipinski definition) is 2. The molecule has 1 atom stereocenters. The molecule has 34 heavy (non-hydrogen) atoms. The molecule has 0 saturated carbocycles. The number of nitrogens with two attached hydrogens (primary N) is 1. The van der Waals surface area contributed by atoms with Crippen molar-refractivity contribution >= 4 is 23.1 Å². The summed E-state index contributed by atoms with van der Waals surface area (Å²) in [6, 6.07) is 13.1. The Morgan fingerprint density at radius 3 is 2.32 bits per heavy atom. The van der Waals surface area contributed by atoms with E-state index in [9.17, 15) is 14.9 Å². The average molecular weight is 468 g/mol. The Balaban J connectivity index is 1.89. The molecule has 9 nitrogen and oxygen atoms in total. The summed E-state index contributed by atoms with van der Waals surface area (Å²) in [4.78, 5) is 23.4. The maximum atomic E-state index is 13.0. The van der Waals surface area contributed by atoms with E-state index in [0.717, 1.165) is 29.9 Å². The van der Waals surface area contributed by atoms with Gasteiger partial charge in [-0.15, -0.1) is 0 Å². The van der Waals surface area contributed by atoms with Gasteiger partial charge in [0.2, 0.25) is 0 Å². The highest BCUT2D eigenvalue weighted by molar-refractivity contribution is 6.05. The number of hydrazone groups is 1. The number of nitrogens with one attached hydrogen (secondary N) is 1. The Bertz CT molecular complexity index is 1020. The third-order valence-corrected chi connectivity index (χ3v) is 6.55. The number of nitrogens with zero attached hydrogens (tertiary/aromatic N) is 3. The number of carbonyl (C=O) groups excluding carboxylic acids is 1. The van der Waals surface area contributed by atoms with Crippen LogP contribution in [-0.4, -0.2) is 40.9 Å². The first-order valence-corrected chi connectivity index (χ1v) is 11.6. The Morgan fingerprint density at radius 1 is 1.21 bits per heavy atom. The molecular formula is C25H33N5O4. The van der Waals surface area contributed by atoms with Crippen molar-refractivity contribution in [3.05, 3.63) is 64.2 Å². The van der Waals surface area contributed by atoms with Gasteiger partial charge in [0.05, 0.1) is 23.3 Å². The van der Waals surface area contributed by atoms with Gasteiger partial charge in [0.25, 0.3) is 5.69 Å². The molecule has 2 aromatic rings. The van der Waals surface area contributed by atoms with Gasteiger partial charge in [-0.2, -0.15) is 5.10 Å². The molecule has 1 aliphatic heterocycles. The smallest absolute Gasteiger partial charge is 0.342 e. The molecule has 0 spiro atoms. The van der Waals surface area contributed by atoms with Crippen LogP contribution in [0.3, 0.4) is 0 Å². The van der Waals surface area contributed by atoms with Crippen LogP contribution < -0.4 is 15.8 Å². The largest absolute Gasteiger partial charge is 0.491 e. The lowest BCUT2D eigenvalue weighted by Gasteiger charge is -2.37. The van der Waals surface area contributed by atoms with Crippen LogP contribution in [0, 0.1) is 21.4 Å². The minimum Gasteiger partial charge on any atom is -0.491 e. The molecular weight excluding hydrogens is 434 g/mol. The number of nitro benzene ring substituents is 1. The minimum atomic E-state index is -0.480. The van der Waals surface area contributed by atoms with Crippen LogP contribution >= 0.6 is 0 Å². The number of amides is 2. The van der Waals surface area contributed by atoms with Gasteiger partial charge < -0.3 is 15.8 Å². The number of benzene rings is 2. The topological polar surface area (TPSA) is 123 Å². The monoisotopic (exact) mass is 467 g/mol. The van der Waals surface area contributed by atoms with Crippen molar-refractivity contribution in [2.75, 3.05) is 18.4 Å². The highest BCUT2D eigenvalue weighted by Gasteiger charge is 2.44. The van der Waals surface area contributed by atoms with Gasteiger partial charge in [0.1, 0.15) is 5.75 Å². The van der Waals surface area contributed by atoms with Crippen molar-refractivity contribution in [2.45, 2.75) is 46.6 Å². The Morgan fingerprint density at radius 2 is 1.82 bits per heavy atom. The Hall–Kier alpha value is -3.46. The second-order valence-corrected chi connectivity index (χ2v) is 8.82. The summed E-state index contributed by atoms with van der Waals surface area (Å²) < 4.78 is 5.76. The van der Waals surface area contributed by atoms with Crippen LogP contribution in [0.15, 0.2) is 53.6 Å². The van der Waals surface area contributed by atoms with E-state index in [2.05, 4.69) is 19.2 Å². The predicted molar refractivity (Wildman–Crippen MR) is 133 cm³/mol. The normalized spacial score (nSPS) is 15.9. The highest BCUT2D eigenvalue weighted by atomic mass is 16.6. The molecule has 3 rings (SSSR count). The van der Waals surface area contributed by atoms with Crippen LogP contribution in [0.4, 0.5) is 16.2 Å². The van der Waals surface area contributed by atoms with E-state index in [1.165, 1.54) is 29.3 Å². The summed E-state index contributed by atoms with van der Waals surface area (Å²) >= 11 is 0. The van der Waals surface area contributed by atoms with Gasteiger partial charge in [-0.1, -0.05) is 13.8 Å². The number of hydrogen-bond acceptors (Lipinski definition) is 6. The molecule has 1 heterocycles. The number of rotatable bonds is 9. The van der Waals surface area contributed by atoms with E-state index in [-0.39, 0.29) is 23.1 Å². The van der Waals surface area contributed by atoms with E-state index >= 15 is 0 Å². The maximum absolute atomic E-state index is 13.0. The summed E-state index contributed by atoms with van der Waals surface area (Å²) in [5, 5.41) is 19.8. The summed E-state index contributed by atoms with van der Waals surface area (Å²) in [6.45, 7) is 9.07. The molecule has 0 aliphatic carbocycles. The Labute approximate surface area is 200 Å². The molecule has 0 fully saturated rings. The first-order valence-electron chi connectivity index (χ1n) is 11.6. The first kappa shape index (κ1) is 25.2. The summed E-state index contributed by atoms with van der Waals surface area (Å²) in [7, 11) is 0. The number of urea groups is 1. The van der Waals surface area contributed by atoms with Gasteiger partial charge in [0.15, 0.2) is 0 Å². The van der Waals surface area contributed by atoms with E-state index < -0.39 is 11.0 Å². The van der Waals surface area contributed by atoms with Gasteiger partial charge in [-0.05, 0) is 80.6 Å². The SMILES string of the molecule is CCC(CC)(CN)[C@@H]1CN(C(=O)Nc2ccc([N+](=O)[O-])cc2)N=C1c1ccc(OC(C)C)cc1. The summed E-state index contributed by atoms with van der Waals surface area (Å²) in [5.74, 6) is 0.740. The molecule has 0 aromatic heterocycles. The fraction of sp³-hybridized carbons (Fsp3) is 0.440. The molecule has 0 bridgehead atoms. The molecule has 182 valence electrons. The maximum Gasteiger partial charge on any atom is 0.342 e. The van der Waals surface area contributed by atoms with Gasteiger partial charge >= 0.3 is 6.03 Å². The molecule has 9 heteroatoms. The van der Waals surface area contributed by atoms with E-state index in [0.29, 0.717) is 18.8 Å². The Kier molecular flexibility index (Phi) is 7.88. The molecule has 2 amide bonds. The van der Waals surface area contributed by atoms with Crippen molar-refractivity contribution in [2.24, 2.45) is 22.2 Å². The molecule has 0 radical (unpaired) electrons. The summed E-state index contributed by atoms with van der Waals surface area (Å²) in [6.07, 6.45) is 1.79. The molecule has 3 N–H and O–H groups in total. The third-order valence-electron chi connectivity index (χ3n) is 6.55. The molecule has 1 aliphatic rings. The van der Waals surface area contributed by atoms with Crippen molar-refractivity contribution in [1.29, 1.82) is 0 Å². The third kappa shape index (κ3) is 5.36. The fourth-order valence-electron chi connectivity index (χ4n) is 4.38. The number of ether oxygens (including phenoxy) is 1. The summed E-state index contributed by atoms with van der Waals surface area (Å²) in [5.41, 5.74) is 8.23. The fourth-order valence-corrected chi connectivity index (χ4v) is 4.38. The average Bonchev–Trinajstić information content (AvgIpc) is 3.27. The van der Waals surface area contributed by atoms with Gasteiger partial charge in [0, 0.05) is 23.7 Å². The van der Waals surface area contributed by atoms with Crippen molar-refractivity contribution in [3.63, 3.8) is 0 Å². The van der Waals surface area contributed by atoms with Crippen LogP contribution in [0.5, 0.6) is 5.75 Å². The molecule has 2 aromatic carbocycles. The van der Waals surface area contributed by atoms with Crippen molar-refractivity contribution < 1.29 is 14.5 Å². The van der Waals surface area contributed by atoms with Crippen LogP contribution in [0.2, 0.25) is 0 Å². The molecule has 0 unspecified atom stereocenters. The second kappa shape index (κ2) is 10.6. The quantitative estimate of drug-likeness (QED) is 0.396. The van der Waals surface area contributed by atoms with Crippen LogP contribution in [-0.2, 0) is 0 Å².